The summed E-state index contributed by atoms with van der Waals surface area (Å²) in [5, 5.41) is 8.63. The van der Waals surface area contributed by atoms with Gasteiger partial charge in [-0.1, -0.05) is 6.92 Å². The maximum atomic E-state index is 13.8. The van der Waals surface area contributed by atoms with Crippen molar-refractivity contribution in [2.45, 2.75) is 32.2 Å². The number of nitriles is 1. The molecular weight excluding hydrogens is 222 g/mol. The Kier molecular flexibility index (Phi) is 3.28. The summed E-state index contributed by atoms with van der Waals surface area (Å²) in [5.41, 5.74) is 0.0457. The molecule has 1 atom stereocenters. The van der Waals surface area contributed by atoms with Crippen LogP contribution in [0.3, 0.4) is 0 Å². The molecule has 0 N–H and O–H groups in total. The van der Waals surface area contributed by atoms with Crippen molar-refractivity contribution in [1.82, 2.24) is 0 Å². The predicted molar refractivity (Wildman–Crippen MR) is 61.7 cm³/mol. The minimum absolute atomic E-state index is 0.238. The Morgan fingerprint density at radius 3 is 2.82 bits per heavy atom. The SMILES string of the molecule is CCC1CCCN1c1ccc(C#N)c(F)c1F. The molecule has 4 heteroatoms. The summed E-state index contributed by atoms with van der Waals surface area (Å²) in [6, 6.07) is 4.77. The molecule has 1 aliphatic heterocycles. The summed E-state index contributed by atoms with van der Waals surface area (Å²) in [6.45, 7) is 2.79. The molecule has 17 heavy (non-hydrogen) atoms. The maximum absolute atomic E-state index is 13.8. The summed E-state index contributed by atoms with van der Waals surface area (Å²) in [6.07, 6.45) is 2.93. The first-order valence-electron chi connectivity index (χ1n) is 5.83. The molecule has 2 nitrogen and oxygen atoms in total. The summed E-state index contributed by atoms with van der Waals surface area (Å²) in [4.78, 5) is 1.90. The first-order chi connectivity index (χ1) is 8.19. The molecule has 0 radical (unpaired) electrons. The zero-order chi connectivity index (χ0) is 12.4. The smallest absolute Gasteiger partial charge is 0.183 e. The quantitative estimate of drug-likeness (QED) is 0.788. The molecule has 0 aliphatic carbocycles. The molecule has 1 aliphatic rings. The predicted octanol–water partition coefficient (Wildman–Crippen LogP) is 3.22. The van der Waals surface area contributed by atoms with Gasteiger partial charge in [0.2, 0.25) is 0 Å². The second-order valence-electron chi connectivity index (χ2n) is 4.27. The van der Waals surface area contributed by atoms with Gasteiger partial charge < -0.3 is 4.90 Å². The van der Waals surface area contributed by atoms with E-state index in [1.54, 1.807) is 6.07 Å². The van der Waals surface area contributed by atoms with Crippen LogP contribution in [0.1, 0.15) is 31.7 Å². The third kappa shape index (κ3) is 1.97. The number of nitrogens with zero attached hydrogens (tertiary/aromatic N) is 2. The van der Waals surface area contributed by atoms with Gasteiger partial charge in [0, 0.05) is 12.6 Å². The lowest BCUT2D eigenvalue weighted by molar-refractivity contribution is 0.501. The van der Waals surface area contributed by atoms with Gasteiger partial charge in [-0.25, -0.2) is 8.78 Å². The Labute approximate surface area is 99.5 Å². The van der Waals surface area contributed by atoms with Gasteiger partial charge in [0.1, 0.15) is 6.07 Å². The fourth-order valence-electron chi connectivity index (χ4n) is 2.42. The van der Waals surface area contributed by atoms with Gasteiger partial charge in [-0.3, -0.25) is 0 Å². The molecule has 1 unspecified atom stereocenters. The molecule has 1 aromatic carbocycles. The highest BCUT2D eigenvalue weighted by atomic mass is 19.2. The van der Waals surface area contributed by atoms with Crippen LogP contribution in [0.5, 0.6) is 0 Å². The van der Waals surface area contributed by atoms with E-state index in [1.807, 2.05) is 11.8 Å². The van der Waals surface area contributed by atoms with Crippen molar-refractivity contribution in [3.63, 3.8) is 0 Å². The van der Waals surface area contributed by atoms with Gasteiger partial charge in [-0.15, -0.1) is 0 Å². The van der Waals surface area contributed by atoms with Crippen LogP contribution < -0.4 is 4.90 Å². The van der Waals surface area contributed by atoms with Gasteiger partial charge >= 0.3 is 0 Å². The van der Waals surface area contributed by atoms with Gasteiger partial charge in [-0.05, 0) is 31.4 Å². The van der Waals surface area contributed by atoms with Crippen LogP contribution in [-0.4, -0.2) is 12.6 Å². The highest BCUT2D eigenvalue weighted by Crippen LogP contribution is 2.31. The van der Waals surface area contributed by atoms with E-state index in [4.69, 9.17) is 5.26 Å². The van der Waals surface area contributed by atoms with Gasteiger partial charge in [0.15, 0.2) is 11.6 Å². The second kappa shape index (κ2) is 4.70. The van der Waals surface area contributed by atoms with E-state index in [0.717, 1.165) is 25.8 Å². The van der Waals surface area contributed by atoms with Crippen LogP contribution in [0.15, 0.2) is 12.1 Å². The molecule has 90 valence electrons. The Balaban J connectivity index is 2.40. The van der Waals surface area contributed by atoms with Crippen molar-refractivity contribution < 1.29 is 8.78 Å². The average Bonchev–Trinajstić information content (AvgIpc) is 2.80. The molecule has 2 rings (SSSR count). The fraction of sp³-hybridized carbons (Fsp3) is 0.462. The van der Waals surface area contributed by atoms with E-state index in [2.05, 4.69) is 0 Å². The Morgan fingerprint density at radius 1 is 1.41 bits per heavy atom. The highest BCUT2D eigenvalue weighted by Gasteiger charge is 2.27. The molecule has 0 aromatic heterocycles. The first-order valence-corrected chi connectivity index (χ1v) is 5.83. The van der Waals surface area contributed by atoms with Gasteiger partial charge in [0.25, 0.3) is 0 Å². The zero-order valence-electron chi connectivity index (χ0n) is 9.71. The summed E-state index contributed by atoms with van der Waals surface area (Å²) < 4.78 is 27.4. The monoisotopic (exact) mass is 236 g/mol. The van der Waals surface area contributed by atoms with Crippen LogP contribution in [0.2, 0.25) is 0 Å². The van der Waals surface area contributed by atoms with E-state index >= 15 is 0 Å². The topological polar surface area (TPSA) is 27.0 Å². The molecule has 1 saturated heterocycles. The number of hydrogen-bond acceptors (Lipinski definition) is 2. The van der Waals surface area contributed by atoms with Crippen molar-refractivity contribution in [2.75, 3.05) is 11.4 Å². The third-order valence-corrected chi connectivity index (χ3v) is 3.34. The molecule has 0 amide bonds. The molecule has 0 saturated carbocycles. The molecule has 1 aromatic rings. The number of rotatable bonds is 2. The van der Waals surface area contributed by atoms with Crippen LogP contribution in [0.25, 0.3) is 0 Å². The van der Waals surface area contributed by atoms with E-state index in [9.17, 15) is 8.78 Å². The standard InChI is InChI=1S/C13H14F2N2/c1-2-10-4-3-7-17(10)11-6-5-9(8-16)12(14)13(11)15/h5-6,10H,2-4,7H2,1H3. The fourth-order valence-corrected chi connectivity index (χ4v) is 2.42. The highest BCUT2D eigenvalue weighted by molar-refractivity contribution is 5.53. The maximum Gasteiger partial charge on any atom is 0.183 e. The Bertz CT molecular complexity index is 465. The zero-order valence-corrected chi connectivity index (χ0v) is 9.71. The van der Waals surface area contributed by atoms with Crippen LogP contribution in [0.4, 0.5) is 14.5 Å². The first kappa shape index (κ1) is 11.8. The lowest BCUT2D eigenvalue weighted by Gasteiger charge is -2.26. The minimum Gasteiger partial charge on any atom is -0.366 e. The Morgan fingerprint density at radius 2 is 2.18 bits per heavy atom. The lowest BCUT2D eigenvalue weighted by Crippen LogP contribution is -2.29. The van der Waals surface area contributed by atoms with Crippen molar-refractivity contribution in [3.05, 3.63) is 29.3 Å². The van der Waals surface area contributed by atoms with Crippen LogP contribution in [-0.2, 0) is 0 Å². The molecule has 0 bridgehead atoms. The van der Waals surface area contributed by atoms with E-state index in [-0.39, 0.29) is 17.3 Å². The second-order valence-corrected chi connectivity index (χ2v) is 4.27. The number of benzene rings is 1. The normalized spacial score (nSPS) is 19.4. The number of hydrogen-bond donors (Lipinski definition) is 0. The van der Waals surface area contributed by atoms with Crippen molar-refractivity contribution >= 4 is 5.69 Å². The third-order valence-electron chi connectivity index (χ3n) is 3.34. The van der Waals surface area contributed by atoms with Crippen molar-refractivity contribution in [3.8, 4) is 6.07 Å². The van der Waals surface area contributed by atoms with Crippen LogP contribution in [0, 0.1) is 23.0 Å². The van der Waals surface area contributed by atoms with Crippen LogP contribution >= 0.6 is 0 Å². The number of halogens is 2. The van der Waals surface area contributed by atoms with E-state index in [0.29, 0.717) is 0 Å². The van der Waals surface area contributed by atoms with Crippen molar-refractivity contribution in [2.24, 2.45) is 0 Å². The number of anilines is 1. The average molecular weight is 236 g/mol. The lowest BCUT2D eigenvalue weighted by atomic mass is 10.1. The minimum atomic E-state index is -1.04. The Hall–Kier alpha value is -1.63. The van der Waals surface area contributed by atoms with E-state index < -0.39 is 11.6 Å². The molecule has 1 fully saturated rings. The summed E-state index contributed by atoms with van der Waals surface area (Å²) in [5.74, 6) is -1.93. The molecular formula is C13H14F2N2. The van der Waals surface area contributed by atoms with Crippen molar-refractivity contribution in [1.29, 1.82) is 5.26 Å². The van der Waals surface area contributed by atoms with E-state index in [1.165, 1.54) is 12.1 Å². The summed E-state index contributed by atoms with van der Waals surface area (Å²) in [7, 11) is 0. The summed E-state index contributed by atoms with van der Waals surface area (Å²) >= 11 is 0. The van der Waals surface area contributed by atoms with Gasteiger partial charge in [-0.2, -0.15) is 5.26 Å². The van der Waals surface area contributed by atoms with Gasteiger partial charge in [0.05, 0.1) is 11.3 Å². The molecule has 1 heterocycles. The molecule has 0 spiro atoms. The largest absolute Gasteiger partial charge is 0.366 e.